The van der Waals surface area contributed by atoms with Crippen LogP contribution in [0.1, 0.15) is 36.6 Å². The molecule has 0 aliphatic carbocycles. The first-order valence-corrected chi connectivity index (χ1v) is 10.3. The van der Waals surface area contributed by atoms with Gasteiger partial charge >= 0.3 is 0 Å². The average molecular weight is 418 g/mol. The molecule has 4 N–H and O–H groups in total. The summed E-state index contributed by atoms with van der Waals surface area (Å²) in [6, 6.07) is 23.3. The van der Waals surface area contributed by atoms with Gasteiger partial charge in [-0.3, -0.25) is 0 Å². The van der Waals surface area contributed by atoms with E-state index in [2.05, 4.69) is 18.8 Å². The number of aromatic amines is 1. The first-order valence-electron chi connectivity index (χ1n) is 9.94. The highest BCUT2D eigenvalue weighted by molar-refractivity contribution is 6.31. The summed E-state index contributed by atoms with van der Waals surface area (Å²) in [6.07, 6.45) is 0. The fourth-order valence-corrected chi connectivity index (χ4v) is 3.71. The lowest BCUT2D eigenvalue weighted by atomic mass is 9.97. The Labute approximate surface area is 181 Å². The van der Waals surface area contributed by atoms with Crippen LogP contribution in [-0.2, 0) is 0 Å². The average Bonchev–Trinajstić information content (AvgIpc) is 3.07. The lowest BCUT2D eigenvalue weighted by molar-refractivity contribution is 0.457. The number of fused-ring (bicyclic) bond motifs is 1. The number of nitrogens with one attached hydrogen (secondary N) is 1. The van der Waals surface area contributed by atoms with Gasteiger partial charge in [-0.2, -0.15) is 0 Å². The van der Waals surface area contributed by atoms with Crippen LogP contribution >= 0.6 is 11.6 Å². The number of halogens is 1. The number of benzene rings is 3. The highest BCUT2D eigenvalue weighted by atomic mass is 35.5. The molecule has 0 amide bonds. The maximum atomic E-state index is 10.7. The van der Waals surface area contributed by atoms with Crippen molar-refractivity contribution in [2.75, 3.05) is 0 Å². The number of H-pyrrole nitrogens is 1. The molecule has 1 aromatic heterocycles. The molecule has 0 radical (unpaired) electrons. The molecule has 0 fully saturated rings. The van der Waals surface area contributed by atoms with Crippen molar-refractivity contribution in [2.24, 2.45) is 16.6 Å². The molecule has 1 atom stereocenters. The Balaban J connectivity index is 1.86. The summed E-state index contributed by atoms with van der Waals surface area (Å²) in [7, 11) is 0. The Bertz CT molecular complexity index is 1190. The fraction of sp³-hybridized carbons (Fsp3) is 0.160. The smallest absolute Gasteiger partial charge is 0.199 e. The second-order valence-electron chi connectivity index (χ2n) is 7.73. The molecular weight excluding hydrogens is 394 g/mol. The molecule has 0 saturated heterocycles. The highest BCUT2D eigenvalue weighted by Crippen LogP contribution is 2.33. The van der Waals surface area contributed by atoms with E-state index in [9.17, 15) is 5.11 Å². The minimum absolute atomic E-state index is 0.0148. The Hall–Kier alpha value is -3.08. The standard InChI is InChI=1S/C25H24ClN3O/c1-15(2)23(27)16-8-11-19(12-9-16)28-24(17-6-4-3-5-7-17)22-20-13-10-18(26)14-21(20)29-25(22)30/h3-15,23,29-30H,27H2,1-2H3. The molecule has 3 aromatic carbocycles. The molecule has 0 aliphatic heterocycles. The minimum atomic E-state index is -0.0148. The number of nitrogens with zero attached hydrogens (tertiary/aromatic N) is 1. The van der Waals surface area contributed by atoms with Crippen LogP contribution in [0.3, 0.4) is 0 Å². The van der Waals surface area contributed by atoms with Crippen molar-refractivity contribution < 1.29 is 5.11 Å². The Kier molecular flexibility index (Phi) is 5.62. The van der Waals surface area contributed by atoms with Crippen molar-refractivity contribution in [3.63, 3.8) is 0 Å². The number of aromatic nitrogens is 1. The third-order valence-corrected chi connectivity index (χ3v) is 5.50. The van der Waals surface area contributed by atoms with Gasteiger partial charge in [0, 0.05) is 22.0 Å². The van der Waals surface area contributed by atoms with E-state index >= 15 is 0 Å². The summed E-state index contributed by atoms with van der Waals surface area (Å²) in [5, 5.41) is 12.2. The second kappa shape index (κ2) is 8.34. The molecule has 30 heavy (non-hydrogen) atoms. The zero-order chi connectivity index (χ0) is 21.3. The van der Waals surface area contributed by atoms with E-state index in [1.165, 1.54) is 0 Å². The summed E-state index contributed by atoms with van der Waals surface area (Å²) < 4.78 is 0. The molecule has 0 bridgehead atoms. The fourth-order valence-electron chi connectivity index (χ4n) is 3.54. The minimum Gasteiger partial charge on any atom is -0.494 e. The molecule has 4 nitrogen and oxygen atoms in total. The Morgan fingerprint density at radius 2 is 1.70 bits per heavy atom. The number of aromatic hydroxyl groups is 1. The predicted molar refractivity (Wildman–Crippen MR) is 125 cm³/mol. The summed E-state index contributed by atoms with van der Waals surface area (Å²) in [5.41, 5.74) is 11.1. The maximum Gasteiger partial charge on any atom is 0.199 e. The van der Waals surface area contributed by atoms with Crippen LogP contribution in [0.2, 0.25) is 5.02 Å². The van der Waals surface area contributed by atoms with Crippen LogP contribution in [-0.4, -0.2) is 15.8 Å². The van der Waals surface area contributed by atoms with E-state index in [4.69, 9.17) is 22.3 Å². The number of rotatable bonds is 5. The quantitative estimate of drug-likeness (QED) is 0.331. The van der Waals surface area contributed by atoms with Gasteiger partial charge in [-0.1, -0.05) is 74.0 Å². The molecule has 152 valence electrons. The Morgan fingerprint density at radius 3 is 2.37 bits per heavy atom. The molecule has 4 rings (SSSR count). The van der Waals surface area contributed by atoms with Gasteiger partial charge in [0.25, 0.3) is 0 Å². The van der Waals surface area contributed by atoms with Gasteiger partial charge in [0.15, 0.2) is 5.88 Å². The van der Waals surface area contributed by atoms with Crippen molar-refractivity contribution >= 4 is 33.9 Å². The summed E-state index contributed by atoms with van der Waals surface area (Å²) in [4.78, 5) is 7.93. The van der Waals surface area contributed by atoms with E-state index in [-0.39, 0.29) is 11.9 Å². The Morgan fingerprint density at radius 1 is 1.00 bits per heavy atom. The molecule has 1 unspecified atom stereocenters. The first-order chi connectivity index (χ1) is 14.4. The van der Waals surface area contributed by atoms with Gasteiger partial charge in [-0.15, -0.1) is 0 Å². The zero-order valence-electron chi connectivity index (χ0n) is 16.9. The predicted octanol–water partition coefficient (Wildman–Crippen LogP) is 6.35. The molecule has 5 heteroatoms. The van der Waals surface area contributed by atoms with Crippen LogP contribution in [0.4, 0.5) is 5.69 Å². The van der Waals surface area contributed by atoms with Crippen molar-refractivity contribution in [2.45, 2.75) is 19.9 Å². The van der Waals surface area contributed by atoms with Crippen LogP contribution in [0, 0.1) is 5.92 Å². The van der Waals surface area contributed by atoms with E-state index in [0.717, 1.165) is 27.7 Å². The zero-order valence-corrected chi connectivity index (χ0v) is 17.7. The highest BCUT2D eigenvalue weighted by Gasteiger charge is 2.19. The van der Waals surface area contributed by atoms with Crippen LogP contribution in [0.15, 0.2) is 77.8 Å². The number of aliphatic imine (C=N–C) groups is 1. The van der Waals surface area contributed by atoms with Crippen molar-refractivity contribution in [1.29, 1.82) is 0 Å². The van der Waals surface area contributed by atoms with Crippen LogP contribution in [0.5, 0.6) is 5.88 Å². The van der Waals surface area contributed by atoms with E-state index in [1.807, 2.05) is 66.7 Å². The van der Waals surface area contributed by atoms with Gasteiger partial charge in [0.1, 0.15) is 0 Å². The number of nitrogens with two attached hydrogens (primary N) is 1. The molecule has 0 aliphatic rings. The van der Waals surface area contributed by atoms with Gasteiger partial charge in [0.05, 0.1) is 22.5 Å². The molecule has 4 aromatic rings. The summed E-state index contributed by atoms with van der Waals surface area (Å²) >= 11 is 6.13. The molecule has 1 heterocycles. The topological polar surface area (TPSA) is 74.4 Å². The van der Waals surface area contributed by atoms with Gasteiger partial charge in [0.2, 0.25) is 0 Å². The largest absolute Gasteiger partial charge is 0.494 e. The molecular formula is C25H24ClN3O. The summed E-state index contributed by atoms with van der Waals surface area (Å²) in [5.74, 6) is 0.419. The van der Waals surface area contributed by atoms with Gasteiger partial charge in [-0.25, -0.2) is 4.99 Å². The first kappa shape index (κ1) is 20.2. The van der Waals surface area contributed by atoms with Crippen molar-refractivity contribution in [3.05, 3.63) is 94.5 Å². The second-order valence-corrected chi connectivity index (χ2v) is 8.16. The normalized spacial score (nSPS) is 13.2. The number of hydrogen-bond donors (Lipinski definition) is 3. The van der Waals surface area contributed by atoms with Crippen molar-refractivity contribution in [1.82, 2.24) is 4.98 Å². The lowest BCUT2D eigenvalue weighted by Gasteiger charge is -2.16. The molecule has 0 spiro atoms. The number of hydrogen-bond acceptors (Lipinski definition) is 3. The SMILES string of the molecule is CC(C)C(N)c1ccc(N=C(c2ccccc2)c2c(O)[nH]c3cc(Cl)ccc23)cc1. The monoisotopic (exact) mass is 417 g/mol. The molecule has 0 saturated carbocycles. The maximum absolute atomic E-state index is 10.7. The van der Waals surface area contributed by atoms with Crippen molar-refractivity contribution in [3.8, 4) is 5.88 Å². The van der Waals surface area contributed by atoms with E-state index in [0.29, 0.717) is 22.2 Å². The van der Waals surface area contributed by atoms with Gasteiger partial charge in [-0.05, 0) is 35.7 Å². The van der Waals surface area contributed by atoms with E-state index < -0.39 is 0 Å². The van der Waals surface area contributed by atoms with E-state index in [1.54, 1.807) is 6.07 Å². The lowest BCUT2D eigenvalue weighted by Crippen LogP contribution is -2.16. The van der Waals surface area contributed by atoms with Gasteiger partial charge < -0.3 is 15.8 Å². The summed E-state index contributed by atoms with van der Waals surface area (Å²) in [6.45, 7) is 4.21. The third-order valence-electron chi connectivity index (χ3n) is 5.26. The van der Waals surface area contributed by atoms with Crippen LogP contribution in [0.25, 0.3) is 10.9 Å². The third kappa shape index (κ3) is 3.97. The van der Waals surface area contributed by atoms with Crippen LogP contribution < -0.4 is 5.73 Å².